The Bertz CT molecular complexity index is 493. The highest BCUT2D eigenvalue weighted by Crippen LogP contribution is 2.36. The SMILES string of the molecule is O=C(O)c1ccc(C(=O)N2C[C@H]3CCCC[C@@H]3C2)o1. The Hall–Kier alpha value is -1.78. The minimum atomic E-state index is -1.14. The zero-order valence-corrected chi connectivity index (χ0v) is 10.7. The van der Waals surface area contributed by atoms with E-state index in [-0.39, 0.29) is 17.4 Å². The van der Waals surface area contributed by atoms with Crippen molar-refractivity contribution in [3.8, 4) is 0 Å². The molecular weight excluding hydrogens is 246 g/mol. The second kappa shape index (κ2) is 4.72. The summed E-state index contributed by atoms with van der Waals surface area (Å²) in [6, 6.07) is 2.78. The number of amides is 1. The molecule has 3 rings (SSSR count). The minimum absolute atomic E-state index is 0.135. The molecule has 1 aromatic rings. The van der Waals surface area contributed by atoms with E-state index in [9.17, 15) is 9.59 Å². The number of carboxylic acids is 1. The molecule has 2 heterocycles. The first kappa shape index (κ1) is 12.3. The maximum atomic E-state index is 12.3. The lowest BCUT2D eigenvalue weighted by molar-refractivity contribution is 0.0653. The average Bonchev–Trinajstić information content (AvgIpc) is 3.04. The van der Waals surface area contributed by atoms with Crippen LogP contribution in [0.4, 0.5) is 0 Å². The highest BCUT2D eigenvalue weighted by atomic mass is 16.4. The molecule has 0 aromatic carbocycles. The monoisotopic (exact) mass is 263 g/mol. The van der Waals surface area contributed by atoms with E-state index in [1.54, 1.807) is 0 Å². The summed E-state index contributed by atoms with van der Waals surface area (Å²) in [6.07, 6.45) is 4.92. The number of carboxylic acid groups (broad SMARTS) is 1. The molecule has 0 unspecified atom stereocenters. The maximum Gasteiger partial charge on any atom is 0.371 e. The van der Waals surface area contributed by atoms with Crippen LogP contribution in [0, 0.1) is 11.8 Å². The molecule has 0 bridgehead atoms. The van der Waals surface area contributed by atoms with E-state index in [1.165, 1.54) is 37.8 Å². The molecule has 1 aromatic heterocycles. The van der Waals surface area contributed by atoms with Crippen molar-refractivity contribution in [3.05, 3.63) is 23.7 Å². The molecule has 2 fully saturated rings. The van der Waals surface area contributed by atoms with E-state index < -0.39 is 5.97 Å². The van der Waals surface area contributed by atoms with Crippen LogP contribution in [-0.4, -0.2) is 35.0 Å². The molecular formula is C14H17NO4. The average molecular weight is 263 g/mol. The van der Waals surface area contributed by atoms with Gasteiger partial charge in [-0.05, 0) is 36.8 Å². The van der Waals surface area contributed by atoms with Crippen molar-refractivity contribution in [2.45, 2.75) is 25.7 Å². The van der Waals surface area contributed by atoms with Crippen LogP contribution in [0.3, 0.4) is 0 Å². The molecule has 2 aliphatic rings. The van der Waals surface area contributed by atoms with Gasteiger partial charge in [0.1, 0.15) is 0 Å². The van der Waals surface area contributed by atoms with Crippen LogP contribution in [0.15, 0.2) is 16.5 Å². The molecule has 1 amide bonds. The lowest BCUT2D eigenvalue weighted by Crippen LogP contribution is -2.28. The van der Waals surface area contributed by atoms with Gasteiger partial charge in [0, 0.05) is 13.1 Å². The fraction of sp³-hybridized carbons (Fsp3) is 0.571. The van der Waals surface area contributed by atoms with Crippen molar-refractivity contribution >= 4 is 11.9 Å². The molecule has 0 spiro atoms. The smallest absolute Gasteiger partial charge is 0.371 e. The number of likely N-dealkylation sites (tertiary alicyclic amines) is 1. The summed E-state index contributed by atoms with van der Waals surface area (Å²) >= 11 is 0. The molecule has 5 heteroatoms. The van der Waals surface area contributed by atoms with Crippen molar-refractivity contribution in [3.63, 3.8) is 0 Å². The maximum absolute atomic E-state index is 12.3. The number of fused-ring (bicyclic) bond motifs is 1. The summed E-state index contributed by atoms with van der Waals surface area (Å²) in [4.78, 5) is 24.8. The van der Waals surface area contributed by atoms with Crippen LogP contribution in [0.1, 0.15) is 46.8 Å². The van der Waals surface area contributed by atoms with E-state index in [1.807, 2.05) is 4.90 Å². The van der Waals surface area contributed by atoms with Crippen molar-refractivity contribution in [2.75, 3.05) is 13.1 Å². The molecule has 1 saturated heterocycles. The number of furan rings is 1. The fourth-order valence-corrected chi connectivity index (χ4v) is 3.30. The van der Waals surface area contributed by atoms with Gasteiger partial charge in [-0.25, -0.2) is 4.79 Å². The molecule has 1 saturated carbocycles. The predicted octanol–water partition coefficient (Wildman–Crippen LogP) is 2.24. The van der Waals surface area contributed by atoms with Crippen molar-refractivity contribution in [1.29, 1.82) is 0 Å². The number of carbonyl (C=O) groups is 2. The van der Waals surface area contributed by atoms with Crippen LogP contribution in [0.5, 0.6) is 0 Å². The van der Waals surface area contributed by atoms with E-state index in [2.05, 4.69) is 0 Å². The number of hydrogen-bond donors (Lipinski definition) is 1. The summed E-state index contributed by atoms with van der Waals surface area (Å²) in [5, 5.41) is 8.80. The lowest BCUT2D eigenvalue weighted by Gasteiger charge is -2.22. The first-order valence-electron chi connectivity index (χ1n) is 6.77. The number of aromatic carboxylic acids is 1. The van der Waals surface area contributed by atoms with E-state index in [0.29, 0.717) is 11.8 Å². The van der Waals surface area contributed by atoms with Gasteiger partial charge >= 0.3 is 5.97 Å². The molecule has 0 radical (unpaired) electrons. The van der Waals surface area contributed by atoms with Gasteiger partial charge in [0.05, 0.1) is 0 Å². The van der Waals surface area contributed by atoms with E-state index in [0.717, 1.165) is 13.1 Å². The molecule has 1 N–H and O–H groups in total. The summed E-state index contributed by atoms with van der Waals surface area (Å²) in [7, 11) is 0. The van der Waals surface area contributed by atoms with Gasteiger partial charge in [-0.2, -0.15) is 0 Å². The molecule has 19 heavy (non-hydrogen) atoms. The highest BCUT2D eigenvalue weighted by molar-refractivity contribution is 5.93. The number of rotatable bonds is 2. The van der Waals surface area contributed by atoms with E-state index in [4.69, 9.17) is 9.52 Å². The third-order valence-electron chi connectivity index (χ3n) is 4.29. The second-order valence-corrected chi connectivity index (χ2v) is 5.48. The topological polar surface area (TPSA) is 70.8 Å². The summed E-state index contributed by atoms with van der Waals surface area (Å²) in [6.45, 7) is 1.57. The van der Waals surface area contributed by atoms with Crippen LogP contribution in [-0.2, 0) is 0 Å². The molecule has 102 valence electrons. The fourth-order valence-electron chi connectivity index (χ4n) is 3.30. The Morgan fingerprint density at radius 1 is 1.11 bits per heavy atom. The Kier molecular flexibility index (Phi) is 3.05. The van der Waals surface area contributed by atoms with Gasteiger partial charge < -0.3 is 14.4 Å². The highest BCUT2D eigenvalue weighted by Gasteiger charge is 2.37. The molecule has 1 aliphatic carbocycles. The zero-order chi connectivity index (χ0) is 13.4. The van der Waals surface area contributed by atoms with Gasteiger partial charge in [-0.1, -0.05) is 12.8 Å². The summed E-state index contributed by atoms with van der Waals surface area (Å²) in [5.74, 6) is -0.134. The summed E-state index contributed by atoms with van der Waals surface area (Å²) < 4.78 is 5.08. The predicted molar refractivity (Wildman–Crippen MR) is 67.0 cm³/mol. The largest absolute Gasteiger partial charge is 0.475 e. The Morgan fingerprint density at radius 2 is 1.68 bits per heavy atom. The van der Waals surface area contributed by atoms with Gasteiger partial charge in [-0.15, -0.1) is 0 Å². The normalized spacial score (nSPS) is 26.2. The van der Waals surface area contributed by atoms with Gasteiger partial charge in [-0.3, -0.25) is 4.79 Å². The number of hydrogen-bond acceptors (Lipinski definition) is 3. The van der Waals surface area contributed by atoms with E-state index >= 15 is 0 Å². The van der Waals surface area contributed by atoms with Crippen molar-refractivity contribution in [2.24, 2.45) is 11.8 Å². The van der Waals surface area contributed by atoms with Crippen LogP contribution >= 0.6 is 0 Å². The standard InChI is InChI=1S/C14H17NO4/c16-13(11-5-6-12(19-11)14(17)18)15-7-9-3-1-2-4-10(9)8-15/h5-6,9-10H,1-4,7-8H2,(H,17,18)/t9-,10-/m1/s1. The van der Waals surface area contributed by atoms with Crippen LogP contribution < -0.4 is 0 Å². The molecule has 2 atom stereocenters. The Labute approximate surface area is 111 Å². The molecule has 1 aliphatic heterocycles. The van der Waals surface area contributed by atoms with Crippen LogP contribution in [0.2, 0.25) is 0 Å². The van der Waals surface area contributed by atoms with Crippen molar-refractivity contribution in [1.82, 2.24) is 4.90 Å². The van der Waals surface area contributed by atoms with Gasteiger partial charge in [0.15, 0.2) is 5.76 Å². The quantitative estimate of drug-likeness (QED) is 0.888. The summed E-state index contributed by atoms with van der Waals surface area (Å²) in [5.41, 5.74) is 0. The number of carbonyl (C=O) groups excluding carboxylic acids is 1. The zero-order valence-electron chi connectivity index (χ0n) is 10.7. The number of nitrogens with zero attached hydrogens (tertiary/aromatic N) is 1. The van der Waals surface area contributed by atoms with Gasteiger partial charge in [0.25, 0.3) is 5.91 Å². The third-order valence-corrected chi connectivity index (χ3v) is 4.29. The first-order valence-corrected chi connectivity index (χ1v) is 6.77. The van der Waals surface area contributed by atoms with Crippen molar-refractivity contribution < 1.29 is 19.1 Å². The molecule has 5 nitrogen and oxygen atoms in total. The second-order valence-electron chi connectivity index (χ2n) is 5.48. The minimum Gasteiger partial charge on any atom is -0.475 e. The van der Waals surface area contributed by atoms with Crippen LogP contribution in [0.25, 0.3) is 0 Å². The third kappa shape index (κ3) is 2.25. The lowest BCUT2D eigenvalue weighted by atomic mass is 9.82. The Morgan fingerprint density at radius 3 is 2.21 bits per heavy atom. The first-order chi connectivity index (χ1) is 9.15. The Balaban J connectivity index is 1.71. The van der Waals surface area contributed by atoms with Gasteiger partial charge in [0.2, 0.25) is 5.76 Å².